The quantitative estimate of drug-likeness (QED) is 0.0261. The minimum absolute atomic E-state index is 0.0970. The first kappa shape index (κ1) is 78.5. The minimum atomic E-state index is -0.805. The summed E-state index contributed by atoms with van der Waals surface area (Å²) in [6.45, 7) is 6.46. The molecule has 0 heterocycles. The van der Waals surface area contributed by atoms with Crippen LogP contribution >= 0.6 is 0 Å². The van der Waals surface area contributed by atoms with E-state index in [1.807, 2.05) is 0 Å². The molecule has 0 rings (SSSR count). The van der Waals surface area contributed by atoms with E-state index >= 15 is 0 Å². The number of hydrogen-bond donors (Lipinski definition) is 0. The van der Waals surface area contributed by atoms with Gasteiger partial charge < -0.3 is 14.2 Å². The van der Waals surface area contributed by atoms with E-state index in [2.05, 4.69) is 154 Å². The van der Waals surface area contributed by atoms with Gasteiger partial charge in [0.15, 0.2) is 6.10 Å². The Morgan fingerprint density at radius 2 is 0.482 bits per heavy atom. The van der Waals surface area contributed by atoms with E-state index < -0.39 is 6.10 Å². The molecule has 0 saturated heterocycles. The second-order valence-electron chi connectivity index (χ2n) is 22.7. The van der Waals surface area contributed by atoms with Crippen LogP contribution in [0.3, 0.4) is 0 Å². The van der Waals surface area contributed by atoms with Crippen LogP contribution in [0.25, 0.3) is 0 Å². The molecular formula is C77H128O6. The summed E-state index contributed by atoms with van der Waals surface area (Å²) in [6, 6.07) is 0. The zero-order valence-corrected chi connectivity index (χ0v) is 54.2. The topological polar surface area (TPSA) is 78.9 Å². The molecule has 0 aromatic heterocycles. The Balaban J connectivity index is 4.31. The van der Waals surface area contributed by atoms with Crippen LogP contribution in [-0.4, -0.2) is 37.2 Å². The first-order valence-electron chi connectivity index (χ1n) is 34.7. The number of hydrogen-bond acceptors (Lipinski definition) is 6. The highest BCUT2D eigenvalue weighted by Gasteiger charge is 2.19. The van der Waals surface area contributed by atoms with E-state index in [0.717, 1.165) is 135 Å². The summed E-state index contributed by atoms with van der Waals surface area (Å²) < 4.78 is 16.9. The molecule has 6 heteroatoms. The summed E-state index contributed by atoms with van der Waals surface area (Å²) in [5, 5.41) is 0. The van der Waals surface area contributed by atoms with Crippen molar-refractivity contribution in [3.8, 4) is 0 Å². The van der Waals surface area contributed by atoms with Crippen molar-refractivity contribution in [1.82, 2.24) is 0 Å². The molecule has 1 unspecified atom stereocenters. The fourth-order valence-corrected chi connectivity index (χ4v) is 9.41. The van der Waals surface area contributed by atoms with Crippen LogP contribution in [0.2, 0.25) is 0 Å². The highest BCUT2D eigenvalue weighted by atomic mass is 16.6. The molecule has 0 aromatic rings. The molecule has 0 spiro atoms. The summed E-state index contributed by atoms with van der Waals surface area (Å²) in [7, 11) is 0. The van der Waals surface area contributed by atoms with Gasteiger partial charge in [0.2, 0.25) is 0 Å². The largest absolute Gasteiger partial charge is 0.462 e. The van der Waals surface area contributed by atoms with Gasteiger partial charge in [0.1, 0.15) is 13.2 Å². The molecule has 0 aromatic carbocycles. The second-order valence-corrected chi connectivity index (χ2v) is 22.7. The van der Waals surface area contributed by atoms with Gasteiger partial charge in [0.25, 0.3) is 0 Å². The summed E-state index contributed by atoms with van der Waals surface area (Å²) in [5.41, 5.74) is 0. The van der Waals surface area contributed by atoms with Crippen LogP contribution in [-0.2, 0) is 28.6 Å². The zero-order valence-electron chi connectivity index (χ0n) is 54.2. The fraction of sp³-hybridized carbons (Fsp3) is 0.675. The lowest BCUT2D eigenvalue weighted by Gasteiger charge is -2.18. The first-order chi connectivity index (χ1) is 41.0. The maximum atomic E-state index is 12.9. The molecule has 0 N–H and O–H groups in total. The molecule has 472 valence electrons. The Kier molecular flexibility index (Phi) is 66.3. The van der Waals surface area contributed by atoms with Crippen molar-refractivity contribution < 1.29 is 28.6 Å². The van der Waals surface area contributed by atoms with Gasteiger partial charge in [-0.3, -0.25) is 14.4 Å². The average Bonchev–Trinajstić information content (AvgIpc) is 3.48. The van der Waals surface area contributed by atoms with Gasteiger partial charge in [-0.25, -0.2) is 0 Å². The number of rotatable bonds is 62. The molecule has 0 saturated carbocycles. The molecule has 6 nitrogen and oxygen atoms in total. The summed E-state index contributed by atoms with van der Waals surface area (Å²) in [5.74, 6) is -0.936. The van der Waals surface area contributed by atoms with Gasteiger partial charge >= 0.3 is 17.9 Å². The van der Waals surface area contributed by atoms with E-state index in [1.165, 1.54) is 141 Å². The van der Waals surface area contributed by atoms with E-state index in [-0.39, 0.29) is 37.5 Å². The summed E-state index contributed by atoms with van der Waals surface area (Å²) in [6.07, 6.45) is 99.1. The van der Waals surface area contributed by atoms with E-state index in [9.17, 15) is 14.4 Å². The van der Waals surface area contributed by atoms with E-state index in [0.29, 0.717) is 12.8 Å². The second kappa shape index (κ2) is 70.0. The average molecular weight is 1150 g/mol. The third-order valence-corrected chi connectivity index (χ3v) is 14.6. The Morgan fingerprint density at radius 1 is 0.253 bits per heavy atom. The highest BCUT2D eigenvalue weighted by Crippen LogP contribution is 2.16. The lowest BCUT2D eigenvalue weighted by Crippen LogP contribution is -2.30. The number of allylic oxidation sites excluding steroid dienone is 22. The Bertz CT molecular complexity index is 1750. The molecular weight excluding hydrogens is 1020 g/mol. The smallest absolute Gasteiger partial charge is 0.306 e. The number of unbranched alkanes of at least 4 members (excludes halogenated alkanes) is 29. The van der Waals surface area contributed by atoms with Crippen LogP contribution in [0.15, 0.2) is 134 Å². The molecule has 1 atom stereocenters. The first-order valence-corrected chi connectivity index (χ1v) is 34.7. The van der Waals surface area contributed by atoms with Crippen LogP contribution in [0.1, 0.15) is 316 Å². The number of ether oxygens (including phenoxy) is 3. The molecule has 0 aliphatic carbocycles. The third-order valence-electron chi connectivity index (χ3n) is 14.6. The van der Waals surface area contributed by atoms with Gasteiger partial charge in [-0.1, -0.05) is 296 Å². The standard InChI is InChI=1S/C77H128O6/c1-4-7-10-13-16-19-22-24-26-28-30-32-34-36-37-38-39-41-42-44-46-48-50-52-55-58-61-64-67-70-76(79)82-73-74(72-81-75(78)69-66-63-60-57-54-21-18-15-12-9-6-3)83-77(80)71-68-65-62-59-56-53-51-49-47-45-43-40-35-33-31-29-27-25-23-20-17-14-11-8-5-2/h8,11,15,17-18,20,22,24-25,27-28,30-31,33-34,36,40,43,47,49,53,56,74H,4-7,9-10,12-14,16,19,21,23,26,29,32,35,37-39,41-42,44-46,48,50-52,54-55,57-73H2,1-3H3/b11-8-,18-15-,20-17-,24-22-,27-25-,30-28-,33-31-,36-34-,43-40-,49-47-,56-53-. The van der Waals surface area contributed by atoms with Crippen LogP contribution in [0, 0.1) is 0 Å². The highest BCUT2D eigenvalue weighted by molar-refractivity contribution is 5.71. The van der Waals surface area contributed by atoms with E-state index in [1.54, 1.807) is 0 Å². The van der Waals surface area contributed by atoms with Crippen molar-refractivity contribution in [2.45, 2.75) is 322 Å². The number of carbonyl (C=O) groups excluding carboxylic acids is 3. The lowest BCUT2D eigenvalue weighted by atomic mass is 10.0. The van der Waals surface area contributed by atoms with Crippen molar-refractivity contribution in [3.05, 3.63) is 134 Å². The molecule has 0 bridgehead atoms. The van der Waals surface area contributed by atoms with Gasteiger partial charge in [-0.2, -0.15) is 0 Å². The number of carbonyl (C=O) groups is 3. The summed E-state index contributed by atoms with van der Waals surface area (Å²) in [4.78, 5) is 38.3. The van der Waals surface area contributed by atoms with Crippen LogP contribution in [0.4, 0.5) is 0 Å². The van der Waals surface area contributed by atoms with Gasteiger partial charge in [0.05, 0.1) is 0 Å². The lowest BCUT2D eigenvalue weighted by molar-refractivity contribution is -0.167. The van der Waals surface area contributed by atoms with Crippen molar-refractivity contribution in [1.29, 1.82) is 0 Å². The van der Waals surface area contributed by atoms with Gasteiger partial charge in [-0.05, 0) is 135 Å². The van der Waals surface area contributed by atoms with Crippen molar-refractivity contribution in [2.75, 3.05) is 13.2 Å². The normalized spacial score (nSPS) is 13.0. The van der Waals surface area contributed by atoms with Crippen molar-refractivity contribution in [3.63, 3.8) is 0 Å². The molecule has 83 heavy (non-hydrogen) atoms. The Labute approximate surface area is 513 Å². The summed E-state index contributed by atoms with van der Waals surface area (Å²) >= 11 is 0. The number of esters is 3. The monoisotopic (exact) mass is 1150 g/mol. The van der Waals surface area contributed by atoms with Crippen molar-refractivity contribution in [2.24, 2.45) is 0 Å². The minimum Gasteiger partial charge on any atom is -0.462 e. The molecule has 0 radical (unpaired) electrons. The molecule has 0 amide bonds. The fourth-order valence-electron chi connectivity index (χ4n) is 9.41. The zero-order chi connectivity index (χ0) is 59.9. The SMILES string of the molecule is CC/C=C\C/C=C\C/C=C\C/C=C\C/C=C\C/C=C\C/C=C\CCCCCC(=O)OC(COC(=O)CCCCCCC/C=C\CCCC)COC(=O)CCCCCCCCCCCCCCCC/C=C\C/C=C\C/C=C\CCCCCCC. The van der Waals surface area contributed by atoms with E-state index in [4.69, 9.17) is 14.2 Å². The van der Waals surface area contributed by atoms with Gasteiger partial charge in [-0.15, -0.1) is 0 Å². The Morgan fingerprint density at radius 3 is 0.795 bits per heavy atom. The maximum Gasteiger partial charge on any atom is 0.306 e. The van der Waals surface area contributed by atoms with Crippen LogP contribution < -0.4 is 0 Å². The maximum absolute atomic E-state index is 12.9. The third kappa shape index (κ3) is 68.2. The molecule has 0 aliphatic heterocycles. The van der Waals surface area contributed by atoms with Crippen molar-refractivity contribution >= 4 is 17.9 Å². The molecule has 0 fully saturated rings. The predicted octanol–water partition coefficient (Wildman–Crippen LogP) is 24.1. The predicted molar refractivity (Wildman–Crippen MR) is 362 cm³/mol. The molecule has 0 aliphatic rings. The Hall–Kier alpha value is -4.45. The van der Waals surface area contributed by atoms with Gasteiger partial charge in [0, 0.05) is 19.3 Å². The van der Waals surface area contributed by atoms with Crippen LogP contribution in [0.5, 0.6) is 0 Å².